The summed E-state index contributed by atoms with van der Waals surface area (Å²) in [7, 11) is 0. The van der Waals surface area contributed by atoms with Crippen molar-refractivity contribution in [2.45, 2.75) is 96.8 Å². The van der Waals surface area contributed by atoms with Crippen LogP contribution in [0, 0.1) is 0 Å². The Balaban J connectivity index is 2.95. The van der Waals surface area contributed by atoms with Crippen molar-refractivity contribution in [2.24, 2.45) is 5.73 Å². The lowest BCUT2D eigenvalue weighted by Crippen LogP contribution is -2.22. The fourth-order valence-corrected chi connectivity index (χ4v) is 3.03. The second-order valence-electron chi connectivity index (χ2n) is 7.36. The van der Waals surface area contributed by atoms with E-state index in [4.69, 9.17) is 15.2 Å². The minimum Gasteiger partial charge on any atom is -0.379 e. The van der Waals surface area contributed by atoms with Crippen LogP contribution in [0.25, 0.3) is 0 Å². The second kappa shape index (κ2) is 24.8. The van der Waals surface area contributed by atoms with E-state index < -0.39 is 0 Å². The molecular weight excluding hydrogens is 324 g/mol. The molecule has 3 N–H and O–H groups in total. The Morgan fingerprint density at radius 2 is 1.08 bits per heavy atom. The lowest BCUT2D eigenvalue weighted by Gasteiger charge is -2.07. The van der Waals surface area contributed by atoms with E-state index in [1.54, 1.807) is 0 Å². The number of unbranched alkanes of at least 4 members (excludes halogenated alkanes) is 12. The molecule has 0 saturated heterocycles. The normalized spacial score (nSPS) is 11.3. The van der Waals surface area contributed by atoms with E-state index in [0.717, 1.165) is 52.3 Å². The number of nitrogens with two attached hydrogens (primary N) is 1. The van der Waals surface area contributed by atoms with E-state index in [1.165, 1.54) is 77.0 Å². The number of hydrogen-bond acceptors (Lipinski definition) is 4. The van der Waals surface area contributed by atoms with Crippen LogP contribution in [0.2, 0.25) is 0 Å². The van der Waals surface area contributed by atoms with Crippen molar-refractivity contribution in [3.8, 4) is 0 Å². The van der Waals surface area contributed by atoms with Crippen LogP contribution < -0.4 is 11.1 Å². The predicted molar refractivity (Wildman–Crippen MR) is 114 cm³/mol. The van der Waals surface area contributed by atoms with Crippen LogP contribution in [0.3, 0.4) is 0 Å². The smallest absolute Gasteiger partial charge is 0.0701 e. The maximum absolute atomic E-state index is 5.63. The summed E-state index contributed by atoms with van der Waals surface area (Å²) in [5, 5.41) is 3.35. The van der Waals surface area contributed by atoms with Gasteiger partial charge in [-0.1, -0.05) is 77.6 Å². The summed E-state index contributed by atoms with van der Waals surface area (Å²) < 4.78 is 11.2. The molecule has 0 heterocycles. The Morgan fingerprint density at radius 1 is 0.538 bits per heavy atom. The average molecular weight is 373 g/mol. The molecule has 0 aromatic heterocycles. The van der Waals surface area contributed by atoms with Gasteiger partial charge in [0.1, 0.15) is 0 Å². The van der Waals surface area contributed by atoms with Crippen molar-refractivity contribution in [1.29, 1.82) is 0 Å². The molecule has 158 valence electrons. The standard InChI is InChI=1S/C22H48N2O2/c1-2-3-4-5-6-7-8-9-10-11-12-15-19-25-21-22-26-20-18-24-17-14-13-16-23/h24H,2-23H2,1H3. The fourth-order valence-electron chi connectivity index (χ4n) is 3.03. The van der Waals surface area contributed by atoms with Gasteiger partial charge in [0, 0.05) is 13.2 Å². The van der Waals surface area contributed by atoms with E-state index in [9.17, 15) is 0 Å². The van der Waals surface area contributed by atoms with Gasteiger partial charge in [-0.2, -0.15) is 0 Å². The fraction of sp³-hybridized carbons (Fsp3) is 1.00. The van der Waals surface area contributed by atoms with Crippen LogP contribution in [0.4, 0.5) is 0 Å². The topological polar surface area (TPSA) is 56.5 Å². The molecule has 26 heavy (non-hydrogen) atoms. The highest BCUT2D eigenvalue weighted by Crippen LogP contribution is 2.11. The average Bonchev–Trinajstić information content (AvgIpc) is 2.66. The summed E-state index contributed by atoms with van der Waals surface area (Å²) >= 11 is 0. The zero-order valence-corrected chi connectivity index (χ0v) is 17.7. The first-order chi connectivity index (χ1) is 12.9. The van der Waals surface area contributed by atoms with Crippen LogP contribution in [-0.2, 0) is 9.47 Å². The van der Waals surface area contributed by atoms with Crippen molar-refractivity contribution >= 4 is 0 Å². The number of nitrogens with one attached hydrogen (secondary N) is 1. The van der Waals surface area contributed by atoms with Gasteiger partial charge in [-0.15, -0.1) is 0 Å². The molecule has 0 rings (SSSR count). The minimum atomic E-state index is 0.711. The molecule has 0 atom stereocenters. The van der Waals surface area contributed by atoms with Crippen LogP contribution >= 0.6 is 0 Å². The highest BCUT2D eigenvalue weighted by molar-refractivity contribution is 4.49. The molecule has 0 aliphatic rings. The van der Waals surface area contributed by atoms with Gasteiger partial charge in [-0.3, -0.25) is 0 Å². The van der Waals surface area contributed by atoms with Gasteiger partial charge >= 0.3 is 0 Å². The Labute approximate surface area is 164 Å². The summed E-state index contributed by atoms with van der Waals surface area (Å²) in [5.74, 6) is 0. The molecule has 4 heteroatoms. The van der Waals surface area contributed by atoms with E-state index >= 15 is 0 Å². The van der Waals surface area contributed by atoms with E-state index in [1.807, 2.05) is 0 Å². The second-order valence-corrected chi connectivity index (χ2v) is 7.36. The van der Waals surface area contributed by atoms with Crippen LogP contribution in [0.5, 0.6) is 0 Å². The van der Waals surface area contributed by atoms with Gasteiger partial charge in [-0.05, 0) is 32.4 Å². The maximum atomic E-state index is 5.63. The van der Waals surface area contributed by atoms with Gasteiger partial charge in [0.2, 0.25) is 0 Å². The third-order valence-electron chi connectivity index (χ3n) is 4.75. The molecule has 0 fully saturated rings. The van der Waals surface area contributed by atoms with E-state index in [2.05, 4.69) is 12.2 Å². The molecule has 4 nitrogen and oxygen atoms in total. The highest BCUT2D eigenvalue weighted by Gasteiger charge is 1.95. The van der Waals surface area contributed by atoms with Crippen molar-refractivity contribution < 1.29 is 9.47 Å². The van der Waals surface area contributed by atoms with Gasteiger partial charge < -0.3 is 20.5 Å². The first-order valence-electron chi connectivity index (χ1n) is 11.5. The van der Waals surface area contributed by atoms with Crippen molar-refractivity contribution in [2.75, 3.05) is 46.1 Å². The number of hydrogen-bond donors (Lipinski definition) is 2. The van der Waals surface area contributed by atoms with Crippen molar-refractivity contribution in [3.63, 3.8) is 0 Å². The SMILES string of the molecule is CCCCCCCCCCCCCCOCCOCCNCCCCN. The zero-order valence-electron chi connectivity index (χ0n) is 17.7. The lowest BCUT2D eigenvalue weighted by molar-refractivity contribution is 0.0473. The third-order valence-corrected chi connectivity index (χ3v) is 4.75. The summed E-state index contributed by atoms with van der Waals surface area (Å²) in [4.78, 5) is 0. The molecule has 0 unspecified atom stereocenters. The minimum absolute atomic E-state index is 0.711. The van der Waals surface area contributed by atoms with Crippen molar-refractivity contribution in [3.05, 3.63) is 0 Å². The largest absolute Gasteiger partial charge is 0.379 e. The van der Waals surface area contributed by atoms with Gasteiger partial charge in [0.25, 0.3) is 0 Å². The molecule has 0 bridgehead atoms. The number of ether oxygens (including phenoxy) is 2. The summed E-state index contributed by atoms with van der Waals surface area (Å²) in [6.45, 7) is 8.12. The molecule has 0 radical (unpaired) electrons. The van der Waals surface area contributed by atoms with E-state index in [-0.39, 0.29) is 0 Å². The molecular formula is C22H48N2O2. The van der Waals surface area contributed by atoms with Crippen LogP contribution in [0.15, 0.2) is 0 Å². The Hall–Kier alpha value is -0.160. The third kappa shape index (κ3) is 23.8. The van der Waals surface area contributed by atoms with Gasteiger partial charge in [0.05, 0.1) is 19.8 Å². The molecule has 0 saturated carbocycles. The van der Waals surface area contributed by atoms with Gasteiger partial charge in [-0.25, -0.2) is 0 Å². The van der Waals surface area contributed by atoms with Gasteiger partial charge in [0.15, 0.2) is 0 Å². The molecule has 0 spiro atoms. The quantitative estimate of drug-likeness (QED) is 0.246. The Kier molecular flexibility index (Phi) is 24.7. The molecule has 0 aromatic carbocycles. The molecule has 0 aliphatic heterocycles. The summed E-state index contributed by atoms with van der Waals surface area (Å²) in [6.07, 6.45) is 18.9. The molecule has 0 aliphatic carbocycles. The monoisotopic (exact) mass is 372 g/mol. The highest BCUT2D eigenvalue weighted by atomic mass is 16.5. The first kappa shape index (κ1) is 25.8. The van der Waals surface area contributed by atoms with Crippen LogP contribution in [-0.4, -0.2) is 46.1 Å². The summed E-state index contributed by atoms with van der Waals surface area (Å²) in [5.41, 5.74) is 5.45. The van der Waals surface area contributed by atoms with Crippen LogP contribution in [0.1, 0.15) is 96.8 Å². The summed E-state index contributed by atoms with van der Waals surface area (Å²) in [6, 6.07) is 0. The number of rotatable bonds is 23. The Morgan fingerprint density at radius 3 is 1.65 bits per heavy atom. The molecule has 0 aromatic rings. The van der Waals surface area contributed by atoms with Crippen molar-refractivity contribution in [1.82, 2.24) is 5.32 Å². The first-order valence-corrected chi connectivity index (χ1v) is 11.5. The van der Waals surface area contributed by atoms with E-state index in [0.29, 0.717) is 6.61 Å². The Bertz CT molecular complexity index is 216. The molecule has 0 amide bonds. The maximum Gasteiger partial charge on any atom is 0.0701 e. The zero-order chi connectivity index (χ0) is 19.0. The lowest BCUT2D eigenvalue weighted by atomic mass is 10.1. The predicted octanol–water partition coefficient (Wildman–Crippen LogP) is 5.05.